The van der Waals surface area contributed by atoms with Gasteiger partial charge in [0.1, 0.15) is 19.0 Å². The number of benzene rings is 3. The maximum atomic E-state index is 13.4. The van der Waals surface area contributed by atoms with Crippen molar-refractivity contribution in [1.29, 1.82) is 0 Å². The van der Waals surface area contributed by atoms with Gasteiger partial charge in [0.25, 0.3) is 5.91 Å². The van der Waals surface area contributed by atoms with E-state index in [1.807, 2.05) is 54.6 Å². The number of nitrogens with zero attached hydrogens (tertiary/aromatic N) is 1. The molecule has 0 spiro atoms. The zero-order chi connectivity index (χ0) is 22.8. The van der Waals surface area contributed by atoms with Gasteiger partial charge in [0, 0.05) is 22.4 Å². The van der Waals surface area contributed by atoms with E-state index in [0.717, 1.165) is 28.3 Å². The highest BCUT2D eigenvalue weighted by Gasteiger charge is 2.14. The van der Waals surface area contributed by atoms with E-state index < -0.39 is 5.82 Å². The Balaban J connectivity index is 1.40. The molecule has 1 amide bonds. The van der Waals surface area contributed by atoms with Crippen molar-refractivity contribution in [3.63, 3.8) is 0 Å². The van der Waals surface area contributed by atoms with Crippen LogP contribution >= 0.6 is 11.6 Å². The Bertz CT molecular complexity index is 1360. The molecule has 5 rings (SSSR count). The van der Waals surface area contributed by atoms with E-state index in [-0.39, 0.29) is 16.5 Å². The molecule has 33 heavy (non-hydrogen) atoms. The SMILES string of the molecule is O=C(Nc1cccc(-c2cccc(-c3ccc4c(c3)OCCO4)n2)c1)c1ccc(F)c(Cl)c1. The first kappa shape index (κ1) is 21.0. The van der Waals surface area contributed by atoms with Gasteiger partial charge in [0.05, 0.1) is 16.4 Å². The summed E-state index contributed by atoms with van der Waals surface area (Å²) in [4.78, 5) is 17.3. The van der Waals surface area contributed by atoms with Gasteiger partial charge in [-0.1, -0.05) is 29.8 Å². The number of hydrogen-bond acceptors (Lipinski definition) is 4. The first-order valence-electron chi connectivity index (χ1n) is 10.3. The van der Waals surface area contributed by atoms with Crippen LogP contribution in [0.15, 0.2) is 78.9 Å². The first-order chi connectivity index (χ1) is 16.1. The third-order valence-corrected chi connectivity index (χ3v) is 5.47. The lowest BCUT2D eigenvalue weighted by molar-refractivity contribution is 0.102. The molecule has 1 N–H and O–H groups in total. The second-order valence-corrected chi connectivity index (χ2v) is 7.84. The van der Waals surface area contributed by atoms with E-state index in [0.29, 0.717) is 24.7 Å². The number of aromatic nitrogens is 1. The van der Waals surface area contributed by atoms with Crippen molar-refractivity contribution in [3.8, 4) is 34.0 Å². The summed E-state index contributed by atoms with van der Waals surface area (Å²) in [5.41, 5.74) is 4.15. The standard InChI is InChI=1S/C26H18ClFN2O3/c27-20-14-18(7-9-21(20)28)26(31)29-19-4-1-3-16(13-19)22-5-2-6-23(30-22)17-8-10-24-25(15-17)33-12-11-32-24/h1-10,13-15H,11-12H2,(H,29,31). The topological polar surface area (TPSA) is 60.5 Å². The number of nitrogens with one attached hydrogen (secondary N) is 1. The number of pyridine rings is 1. The molecule has 0 saturated carbocycles. The quantitative estimate of drug-likeness (QED) is 0.392. The zero-order valence-electron chi connectivity index (χ0n) is 17.3. The Labute approximate surface area is 194 Å². The summed E-state index contributed by atoms with van der Waals surface area (Å²) in [6.45, 7) is 1.06. The molecule has 5 nitrogen and oxygen atoms in total. The third-order valence-electron chi connectivity index (χ3n) is 5.19. The van der Waals surface area contributed by atoms with Crippen LogP contribution in [0.1, 0.15) is 10.4 Å². The Morgan fingerprint density at radius 3 is 2.36 bits per heavy atom. The number of halogens is 2. The van der Waals surface area contributed by atoms with Crippen LogP contribution in [0.25, 0.3) is 22.5 Å². The molecule has 0 unspecified atom stereocenters. The van der Waals surface area contributed by atoms with Gasteiger partial charge in [-0.25, -0.2) is 9.37 Å². The second kappa shape index (κ2) is 8.92. The summed E-state index contributed by atoms with van der Waals surface area (Å²) in [6.07, 6.45) is 0. The normalized spacial score (nSPS) is 12.3. The number of anilines is 1. The van der Waals surface area contributed by atoms with Gasteiger partial charge in [0.2, 0.25) is 0 Å². The van der Waals surface area contributed by atoms with Crippen molar-refractivity contribution in [2.75, 3.05) is 18.5 Å². The van der Waals surface area contributed by atoms with Crippen LogP contribution in [0.4, 0.5) is 10.1 Å². The van der Waals surface area contributed by atoms with Crippen molar-refractivity contribution in [3.05, 3.63) is 95.3 Å². The van der Waals surface area contributed by atoms with Crippen molar-refractivity contribution in [1.82, 2.24) is 4.98 Å². The number of hydrogen-bond donors (Lipinski definition) is 1. The van der Waals surface area contributed by atoms with Crippen molar-refractivity contribution in [2.24, 2.45) is 0 Å². The molecule has 0 radical (unpaired) electrons. The highest BCUT2D eigenvalue weighted by Crippen LogP contribution is 2.34. The molecule has 0 aliphatic carbocycles. The lowest BCUT2D eigenvalue weighted by Crippen LogP contribution is -2.15. The maximum absolute atomic E-state index is 13.4. The predicted octanol–water partition coefficient (Wildman–Crippen LogP) is 6.23. The fourth-order valence-electron chi connectivity index (χ4n) is 3.56. The van der Waals surface area contributed by atoms with Gasteiger partial charge in [-0.05, 0) is 60.7 Å². The Hall–Kier alpha value is -3.90. The summed E-state index contributed by atoms with van der Waals surface area (Å²) in [5.74, 6) is 0.481. The minimum atomic E-state index is -0.570. The molecule has 1 aliphatic rings. The Kier molecular flexibility index (Phi) is 5.67. The number of amides is 1. The Morgan fingerprint density at radius 1 is 0.848 bits per heavy atom. The maximum Gasteiger partial charge on any atom is 0.255 e. The van der Waals surface area contributed by atoms with E-state index in [2.05, 4.69) is 5.32 Å². The average Bonchev–Trinajstić information content (AvgIpc) is 2.85. The number of fused-ring (bicyclic) bond motifs is 1. The molecule has 0 saturated heterocycles. The van der Waals surface area contributed by atoms with Crippen LogP contribution < -0.4 is 14.8 Å². The van der Waals surface area contributed by atoms with Crippen LogP contribution in [-0.2, 0) is 0 Å². The number of carbonyl (C=O) groups is 1. The van der Waals surface area contributed by atoms with Crippen molar-refractivity contribution in [2.45, 2.75) is 0 Å². The highest BCUT2D eigenvalue weighted by atomic mass is 35.5. The molecule has 2 heterocycles. The molecule has 3 aromatic carbocycles. The average molecular weight is 461 g/mol. The third kappa shape index (κ3) is 4.52. The lowest BCUT2D eigenvalue weighted by atomic mass is 10.1. The molecular weight excluding hydrogens is 443 g/mol. The molecule has 0 bridgehead atoms. The Morgan fingerprint density at radius 2 is 1.58 bits per heavy atom. The predicted molar refractivity (Wildman–Crippen MR) is 125 cm³/mol. The summed E-state index contributed by atoms with van der Waals surface area (Å²) in [5, 5.41) is 2.72. The monoisotopic (exact) mass is 460 g/mol. The fourth-order valence-corrected chi connectivity index (χ4v) is 3.74. The zero-order valence-corrected chi connectivity index (χ0v) is 18.1. The van der Waals surface area contributed by atoms with Gasteiger partial charge < -0.3 is 14.8 Å². The summed E-state index contributed by atoms with van der Waals surface area (Å²) >= 11 is 5.79. The molecular formula is C26H18ClFN2O3. The molecule has 7 heteroatoms. The van der Waals surface area contributed by atoms with Gasteiger partial charge in [-0.2, -0.15) is 0 Å². The van der Waals surface area contributed by atoms with Crippen LogP contribution in [0.2, 0.25) is 5.02 Å². The minimum absolute atomic E-state index is 0.100. The molecule has 0 atom stereocenters. The van der Waals surface area contributed by atoms with Crippen molar-refractivity contribution < 1.29 is 18.7 Å². The van der Waals surface area contributed by atoms with E-state index >= 15 is 0 Å². The molecule has 1 aromatic heterocycles. The van der Waals surface area contributed by atoms with Gasteiger partial charge in [-0.15, -0.1) is 0 Å². The molecule has 1 aliphatic heterocycles. The molecule has 164 valence electrons. The largest absolute Gasteiger partial charge is 0.486 e. The van der Waals surface area contributed by atoms with Crippen molar-refractivity contribution >= 4 is 23.2 Å². The van der Waals surface area contributed by atoms with Crippen LogP contribution in [0.5, 0.6) is 11.5 Å². The van der Waals surface area contributed by atoms with E-state index in [1.54, 1.807) is 6.07 Å². The van der Waals surface area contributed by atoms with Crippen LogP contribution in [0, 0.1) is 5.82 Å². The van der Waals surface area contributed by atoms with Crippen LogP contribution in [-0.4, -0.2) is 24.1 Å². The lowest BCUT2D eigenvalue weighted by Gasteiger charge is -2.18. The minimum Gasteiger partial charge on any atom is -0.486 e. The van der Waals surface area contributed by atoms with Gasteiger partial charge in [0.15, 0.2) is 11.5 Å². The van der Waals surface area contributed by atoms with Gasteiger partial charge in [-0.3, -0.25) is 4.79 Å². The van der Waals surface area contributed by atoms with E-state index in [9.17, 15) is 9.18 Å². The second-order valence-electron chi connectivity index (χ2n) is 7.43. The number of carbonyl (C=O) groups excluding carboxylic acids is 1. The number of ether oxygens (including phenoxy) is 2. The first-order valence-corrected chi connectivity index (χ1v) is 10.7. The fraction of sp³-hybridized carbons (Fsp3) is 0.0769. The smallest absolute Gasteiger partial charge is 0.255 e. The molecule has 4 aromatic rings. The van der Waals surface area contributed by atoms with Crippen LogP contribution in [0.3, 0.4) is 0 Å². The van der Waals surface area contributed by atoms with Gasteiger partial charge >= 0.3 is 0 Å². The molecule has 0 fully saturated rings. The highest BCUT2D eigenvalue weighted by molar-refractivity contribution is 6.31. The summed E-state index contributed by atoms with van der Waals surface area (Å²) in [7, 11) is 0. The van der Waals surface area contributed by atoms with E-state index in [1.165, 1.54) is 18.2 Å². The van der Waals surface area contributed by atoms with E-state index in [4.69, 9.17) is 26.1 Å². The summed E-state index contributed by atoms with van der Waals surface area (Å²) < 4.78 is 24.7. The number of rotatable bonds is 4. The summed E-state index contributed by atoms with van der Waals surface area (Å²) in [6, 6.07) is 22.7.